The number of pyridine rings is 1. The van der Waals surface area contributed by atoms with Crippen molar-refractivity contribution in [2.75, 3.05) is 0 Å². The van der Waals surface area contributed by atoms with Crippen LogP contribution in [0.3, 0.4) is 0 Å². The van der Waals surface area contributed by atoms with E-state index in [-0.39, 0.29) is 23.9 Å². The maximum atomic E-state index is 13.1. The minimum atomic E-state index is 0.0105. The van der Waals surface area contributed by atoms with Crippen molar-refractivity contribution in [1.82, 2.24) is 20.1 Å². The standard InChI is InChI=1S/C20H30N4O/c1-12(2)18-10-15(16-11-21-24(13(3)4)19(16)22-18)20(25)23-17-9-7-6-8-14(17)5/h10-14,17H,6-9H2,1-5H3,(H,23,25). The molecule has 1 fully saturated rings. The summed E-state index contributed by atoms with van der Waals surface area (Å²) in [6.45, 7) is 10.6. The molecule has 1 amide bonds. The van der Waals surface area contributed by atoms with Crippen LogP contribution in [0.15, 0.2) is 12.3 Å². The Labute approximate surface area is 150 Å². The molecule has 0 radical (unpaired) electrons. The summed E-state index contributed by atoms with van der Waals surface area (Å²) in [7, 11) is 0. The van der Waals surface area contributed by atoms with Crippen LogP contribution in [0.5, 0.6) is 0 Å². The number of carbonyl (C=O) groups excluding carboxylic acids is 1. The van der Waals surface area contributed by atoms with E-state index in [0.717, 1.165) is 23.1 Å². The fourth-order valence-electron chi connectivity index (χ4n) is 3.68. The molecule has 1 aliphatic rings. The summed E-state index contributed by atoms with van der Waals surface area (Å²) in [5.74, 6) is 0.814. The van der Waals surface area contributed by atoms with Crippen molar-refractivity contribution in [3.8, 4) is 0 Å². The van der Waals surface area contributed by atoms with Gasteiger partial charge in [-0.1, -0.05) is 33.6 Å². The van der Waals surface area contributed by atoms with Crippen LogP contribution >= 0.6 is 0 Å². The Bertz CT molecular complexity index is 762. The molecule has 1 saturated carbocycles. The second-order valence-corrected chi connectivity index (χ2v) is 8.01. The summed E-state index contributed by atoms with van der Waals surface area (Å²) < 4.78 is 1.90. The van der Waals surface area contributed by atoms with Gasteiger partial charge in [-0.25, -0.2) is 9.67 Å². The summed E-state index contributed by atoms with van der Waals surface area (Å²) in [6, 6.07) is 2.43. The third-order valence-electron chi connectivity index (χ3n) is 5.34. The van der Waals surface area contributed by atoms with E-state index in [9.17, 15) is 4.79 Å². The first kappa shape index (κ1) is 17.9. The van der Waals surface area contributed by atoms with Gasteiger partial charge in [0.2, 0.25) is 0 Å². The fraction of sp³-hybridized carbons (Fsp3) is 0.650. The van der Waals surface area contributed by atoms with Crippen LogP contribution in [0, 0.1) is 5.92 Å². The van der Waals surface area contributed by atoms with E-state index >= 15 is 0 Å². The maximum Gasteiger partial charge on any atom is 0.252 e. The number of amides is 1. The topological polar surface area (TPSA) is 59.8 Å². The lowest BCUT2D eigenvalue weighted by molar-refractivity contribution is 0.0912. The molecular weight excluding hydrogens is 312 g/mol. The van der Waals surface area contributed by atoms with Gasteiger partial charge < -0.3 is 5.32 Å². The number of nitrogens with zero attached hydrogens (tertiary/aromatic N) is 3. The number of nitrogens with one attached hydrogen (secondary N) is 1. The predicted octanol–water partition coefficient (Wildman–Crippen LogP) is 4.44. The van der Waals surface area contributed by atoms with Gasteiger partial charge in [-0.15, -0.1) is 0 Å². The van der Waals surface area contributed by atoms with Gasteiger partial charge in [-0.3, -0.25) is 4.79 Å². The largest absolute Gasteiger partial charge is 0.349 e. The molecule has 2 atom stereocenters. The van der Waals surface area contributed by atoms with Crippen LogP contribution in [0.1, 0.15) is 88.3 Å². The van der Waals surface area contributed by atoms with Crippen LogP contribution in [0.25, 0.3) is 11.0 Å². The first-order valence-electron chi connectivity index (χ1n) is 9.57. The molecule has 0 bridgehead atoms. The highest BCUT2D eigenvalue weighted by Gasteiger charge is 2.25. The lowest BCUT2D eigenvalue weighted by Gasteiger charge is -2.29. The fourth-order valence-corrected chi connectivity index (χ4v) is 3.68. The third kappa shape index (κ3) is 3.55. The van der Waals surface area contributed by atoms with Gasteiger partial charge in [-0.2, -0.15) is 5.10 Å². The SMILES string of the molecule is CC(C)c1cc(C(=O)NC2CCCCC2C)c2cnn(C(C)C)c2n1. The zero-order chi connectivity index (χ0) is 18.1. The molecule has 2 heterocycles. The van der Waals surface area contributed by atoms with Crippen molar-refractivity contribution >= 4 is 16.9 Å². The Morgan fingerprint density at radius 3 is 2.60 bits per heavy atom. The van der Waals surface area contributed by atoms with Crippen LogP contribution in [0.2, 0.25) is 0 Å². The summed E-state index contributed by atoms with van der Waals surface area (Å²) in [4.78, 5) is 17.8. The van der Waals surface area contributed by atoms with Gasteiger partial charge in [0.25, 0.3) is 5.91 Å². The summed E-state index contributed by atoms with van der Waals surface area (Å²) in [5.41, 5.74) is 2.46. The highest BCUT2D eigenvalue weighted by Crippen LogP contribution is 2.27. The van der Waals surface area contributed by atoms with Crippen LogP contribution in [0.4, 0.5) is 0 Å². The van der Waals surface area contributed by atoms with Crippen molar-refractivity contribution in [3.63, 3.8) is 0 Å². The lowest BCUT2D eigenvalue weighted by Crippen LogP contribution is -2.41. The highest BCUT2D eigenvalue weighted by molar-refractivity contribution is 6.05. The summed E-state index contributed by atoms with van der Waals surface area (Å²) in [5, 5.41) is 8.60. The van der Waals surface area contributed by atoms with Gasteiger partial charge in [0.1, 0.15) is 0 Å². The van der Waals surface area contributed by atoms with Crippen molar-refractivity contribution < 1.29 is 4.79 Å². The van der Waals surface area contributed by atoms with E-state index in [1.165, 1.54) is 19.3 Å². The number of carbonyl (C=O) groups is 1. The number of rotatable bonds is 4. The molecule has 5 heteroatoms. The lowest BCUT2D eigenvalue weighted by atomic mass is 9.86. The second-order valence-electron chi connectivity index (χ2n) is 8.01. The molecule has 0 spiro atoms. The molecule has 136 valence electrons. The van der Waals surface area contributed by atoms with E-state index in [1.807, 2.05) is 10.7 Å². The molecule has 25 heavy (non-hydrogen) atoms. The van der Waals surface area contributed by atoms with E-state index in [4.69, 9.17) is 4.98 Å². The van der Waals surface area contributed by atoms with Crippen molar-refractivity contribution in [1.29, 1.82) is 0 Å². The predicted molar refractivity (Wildman–Crippen MR) is 101 cm³/mol. The maximum absolute atomic E-state index is 13.1. The molecule has 1 N–H and O–H groups in total. The highest BCUT2D eigenvalue weighted by atomic mass is 16.1. The number of hydrogen-bond acceptors (Lipinski definition) is 3. The first-order chi connectivity index (χ1) is 11.9. The smallest absolute Gasteiger partial charge is 0.252 e. The van der Waals surface area contributed by atoms with Crippen LogP contribution < -0.4 is 5.32 Å². The Balaban J connectivity index is 2.00. The summed E-state index contributed by atoms with van der Waals surface area (Å²) in [6.07, 6.45) is 6.52. The van der Waals surface area contributed by atoms with Crippen molar-refractivity contribution in [2.45, 2.75) is 78.3 Å². The second kappa shape index (κ2) is 7.14. The molecule has 2 unspecified atom stereocenters. The Hall–Kier alpha value is -1.91. The first-order valence-corrected chi connectivity index (χ1v) is 9.57. The average molecular weight is 342 g/mol. The average Bonchev–Trinajstić information content (AvgIpc) is 3.00. The number of aromatic nitrogens is 3. The Morgan fingerprint density at radius 1 is 1.24 bits per heavy atom. The normalized spacial score (nSPS) is 21.2. The molecule has 0 aromatic carbocycles. The van der Waals surface area contributed by atoms with Gasteiger partial charge in [0, 0.05) is 17.8 Å². The van der Waals surface area contributed by atoms with Crippen molar-refractivity contribution in [3.05, 3.63) is 23.5 Å². The van der Waals surface area contributed by atoms with Gasteiger partial charge in [-0.05, 0) is 44.6 Å². The molecule has 2 aromatic heterocycles. The molecule has 0 saturated heterocycles. The molecule has 1 aliphatic carbocycles. The van der Waals surface area contributed by atoms with E-state index < -0.39 is 0 Å². The van der Waals surface area contributed by atoms with Gasteiger partial charge in [0.05, 0.1) is 17.1 Å². The van der Waals surface area contributed by atoms with E-state index in [0.29, 0.717) is 11.5 Å². The molecule has 2 aromatic rings. The van der Waals surface area contributed by atoms with Crippen LogP contribution in [-0.2, 0) is 0 Å². The third-order valence-corrected chi connectivity index (χ3v) is 5.34. The molecule has 3 rings (SSSR count). The van der Waals surface area contributed by atoms with Gasteiger partial charge >= 0.3 is 0 Å². The Morgan fingerprint density at radius 2 is 1.96 bits per heavy atom. The minimum absolute atomic E-state index is 0.0105. The zero-order valence-electron chi connectivity index (χ0n) is 16.0. The van der Waals surface area contributed by atoms with Crippen LogP contribution in [-0.4, -0.2) is 26.7 Å². The molecule has 5 nitrogen and oxygen atoms in total. The van der Waals surface area contributed by atoms with Gasteiger partial charge in [0.15, 0.2) is 5.65 Å². The zero-order valence-corrected chi connectivity index (χ0v) is 16.0. The van der Waals surface area contributed by atoms with E-state index in [2.05, 4.69) is 45.0 Å². The summed E-state index contributed by atoms with van der Waals surface area (Å²) >= 11 is 0. The number of fused-ring (bicyclic) bond motifs is 1. The molecular formula is C20H30N4O. The van der Waals surface area contributed by atoms with Crippen molar-refractivity contribution in [2.24, 2.45) is 5.92 Å². The minimum Gasteiger partial charge on any atom is -0.349 e. The monoisotopic (exact) mass is 342 g/mol. The Kier molecular flexibility index (Phi) is 5.11. The number of hydrogen-bond donors (Lipinski definition) is 1. The molecule has 0 aliphatic heterocycles. The van der Waals surface area contributed by atoms with E-state index in [1.54, 1.807) is 6.20 Å². The quantitative estimate of drug-likeness (QED) is 0.893.